The molecule has 1 saturated heterocycles. The fourth-order valence-corrected chi connectivity index (χ4v) is 2.40. The molecule has 2 amide bonds. The molecule has 0 aromatic carbocycles. The average Bonchev–Trinajstić information content (AvgIpc) is 2.79. The second-order valence-electron chi connectivity index (χ2n) is 4.90. The van der Waals surface area contributed by atoms with Crippen molar-refractivity contribution in [1.29, 1.82) is 0 Å². The minimum Gasteiger partial charge on any atom is -0.465 e. The van der Waals surface area contributed by atoms with E-state index in [9.17, 15) is 14.4 Å². The Kier molecular flexibility index (Phi) is 6.48. The number of esters is 1. The lowest BCUT2D eigenvalue weighted by Crippen LogP contribution is -2.41. The summed E-state index contributed by atoms with van der Waals surface area (Å²) in [6.07, 6.45) is 1.01. The van der Waals surface area contributed by atoms with Gasteiger partial charge in [0.05, 0.1) is 12.5 Å². The van der Waals surface area contributed by atoms with E-state index in [2.05, 4.69) is 0 Å². The Bertz CT molecular complexity index is 370. The van der Waals surface area contributed by atoms with E-state index in [0.29, 0.717) is 26.2 Å². The van der Waals surface area contributed by atoms with Crippen LogP contribution in [0, 0.1) is 5.92 Å². The van der Waals surface area contributed by atoms with E-state index >= 15 is 0 Å². The van der Waals surface area contributed by atoms with Gasteiger partial charge in [-0.1, -0.05) is 6.92 Å². The number of hydrogen-bond acceptors (Lipinski definition) is 4. The summed E-state index contributed by atoms with van der Waals surface area (Å²) in [7, 11) is 0. The summed E-state index contributed by atoms with van der Waals surface area (Å²) >= 11 is 0. The van der Waals surface area contributed by atoms with E-state index in [1.807, 2.05) is 13.8 Å². The Morgan fingerprint density at radius 3 is 2.55 bits per heavy atom. The van der Waals surface area contributed by atoms with Gasteiger partial charge in [0.2, 0.25) is 11.8 Å². The van der Waals surface area contributed by atoms with Gasteiger partial charge in [-0.2, -0.15) is 0 Å². The van der Waals surface area contributed by atoms with E-state index in [-0.39, 0.29) is 30.7 Å². The van der Waals surface area contributed by atoms with Gasteiger partial charge in [-0.25, -0.2) is 0 Å². The lowest BCUT2D eigenvalue weighted by molar-refractivity contribution is -0.150. The van der Waals surface area contributed by atoms with Crippen molar-refractivity contribution >= 4 is 17.8 Å². The highest BCUT2D eigenvalue weighted by atomic mass is 16.5. The SMILES string of the molecule is CCCN(CC(=O)OCC)C(=O)C1CC(=O)N(CC)C1. The third kappa shape index (κ3) is 4.21. The van der Waals surface area contributed by atoms with Crippen molar-refractivity contribution in [3.8, 4) is 0 Å². The number of hydrogen-bond donors (Lipinski definition) is 0. The van der Waals surface area contributed by atoms with Crippen molar-refractivity contribution in [3.63, 3.8) is 0 Å². The minimum absolute atomic E-state index is 0.0124. The van der Waals surface area contributed by atoms with Crippen LogP contribution in [0.1, 0.15) is 33.6 Å². The number of carbonyl (C=O) groups is 3. The fourth-order valence-electron chi connectivity index (χ4n) is 2.40. The molecule has 6 heteroatoms. The second-order valence-corrected chi connectivity index (χ2v) is 4.90. The predicted molar refractivity (Wildman–Crippen MR) is 73.9 cm³/mol. The van der Waals surface area contributed by atoms with E-state index in [4.69, 9.17) is 4.74 Å². The Hall–Kier alpha value is -1.59. The summed E-state index contributed by atoms with van der Waals surface area (Å²) in [6, 6.07) is 0. The summed E-state index contributed by atoms with van der Waals surface area (Å²) in [6.45, 7) is 7.44. The zero-order chi connectivity index (χ0) is 15.1. The first-order valence-electron chi connectivity index (χ1n) is 7.25. The van der Waals surface area contributed by atoms with Crippen molar-refractivity contribution in [2.24, 2.45) is 5.92 Å². The Balaban J connectivity index is 2.64. The Morgan fingerprint density at radius 1 is 1.35 bits per heavy atom. The lowest BCUT2D eigenvalue weighted by Gasteiger charge is -2.24. The third-order valence-corrected chi connectivity index (χ3v) is 3.38. The molecule has 0 bridgehead atoms. The molecule has 1 rings (SSSR count). The summed E-state index contributed by atoms with van der Waals surface area (Å²) in [5, 5.41) is 0. The summed E-state index contributed by atoms with van der Waals surface area (Å²) in [4.78, 5) is 38.8. The molecule has 0 aromatic rings. The first kappa shape index (κ1) is 16.5. The van der Waals surface area contributed by atoms with Crippen LogP contribution in [0.3, 0.4) is 0 Å². The summed E-state index contributed by atoms with van der Waals surface area (Å²) in [5.74, 6) is -0.836. The van der Waals surface area contributed by atoms with Gasteiger partial charge in [-0.05, 0) is 20.3 Å². The molecule has 1 heterocycles. The largest absolute Gasteiger partial charge is 0.465 e. The lowest BCUT2D eigenvalue weighted by atomic mass is 10.1. The smallest absolute Gasteiger partial charge is 0.325 e. The highest BCUT2D eigenvalue weighted by molar-refractivity contribution is 5.90. The van der Waals surface area contributed by atoms with Gasteiger partial charge >= 0.3 is 5.97 Å². The number of amides is 2. The van der Waals surface area contributed by atoms with Crippen LogP contribution in [0.5, 0.6) is 0 Å². The molecule has 1 atom stereocenters. The zero-order valence-electron chi connectivity index (χ0n) is 12.6. The average molecular weight is 284 g/mol. The summed E-state index contributed by atoms with van der Waals surface area (Å²) < 4.78 is 4.88. The molecule has 1 aliphatic heterocycles. The van der Waals surface area contributed by atoms with Gasteiger partial charge in [0.25, 0.3) is 0 Å². The molecular formula is C14H24N2O4. The van der Waals surface area contributed by atoms with Crippen LogP contribution < -0.4 is 0 Å². The maximum absolute atomic E-state index is 12.4. The van der Waals surface area contributed by atoms with Gasteiger partial charge in [-0.15, -0.1) is 0 Å². The van der Waals surface area contributed by atoms with Crippen LogP contribution in [0.15, 0.2) is 0 Å². The first-order chi connectivity index (χ1) is 9.53. The molecule has 0 spiro atoms. The highest BCUT2D eigenvalue weighted by Crippen LogP contribution is 2.20. The predicted octanol–water partition coefficient (Wildman–Crippen LogP) is 0.656. The molecule has 0 aromatic heterocycles. The molecule has 0 aliphatic carbocycles. The van der Waals surface area contributed by atoms with Crippen molar-refractivity contribution < 1.29 is 19.1 Å². The van der Waals surface area contributed by atoms with E-state index in [1.165, 1.54) is 4.90 Å². The molecule has 114 valence electrons. The standard InChI is InChI=1S/C14H24N2O4/c1-4-7-16(10-13(18)20-6-3)14(19)11-8-12(17)15(5-2)9-11/h11H,4-10H2,1-3H3. The third-order valence-electron chi connectivity index (χ3n) is 3.38. The number of nitrogens with zero attached hydrogens (tertiary/aromatic N) is 2. The molecule has 1 unspecified atom stereocenters. The van der Waals surface area contributed by atoms with Gasteiger partial charge in [-0.3, -0.25) is 14.4 Å². The van der Waals surface area contributed by atoms with Gasteiger partial charge in [0, 0.05) is 26.1 Å². The van der Waals surface area contributed by atoms with Crippen LogP contribution >= 0.6 is 0 Å². The van der Waals surface area contributed by atoms with Gasteiger partial charge < -0.3 is 14.5 Å². The summed E-state index contributed by atoms with van der Waals surface area (Å²) in [5.41, 5.74) is 0. The molecule has 1 fully saturated rings. The monoisotopic (exact) mass is 284 g/mol. The number of likely N-dealkylation sites (tertiary alicyclic amines) is 1. The second kappa shape index (κ2) is 7.87. The van der Waals surface area contributed by atoms with Crippen LogP contribution in [-0.4, -0.2) is 60.4 Å². The maximum atomic E-state index is 12.4. The Labute approximate surface area is 120 Å². The molecule has 0 N–H and O–H groups in total. The Morgan fingerprint density at radius 2 is 2.05 bits per heavy atom. The molecular weight excluding hydrogens is 260 g/mol. The first-order valence-corrected chi connectivity index (χ1v) is 7.25. The fraction of sp³-hybridized carbons (Fsp3) is 0.786. The molecule has 20 heavy (non-hydrogen) atoms. The van der Waals surface area contributed by atoms with Crippen LogP contribution in [-0.2, 0) is 19.1 Å². The maximum Gasteiger partial charge on any atom is 0.325 e. The molecule has 6 nitrogen and oxygen atoms in total. The van der Waals surface area contributed by atoms with E-state index in [0.717, 1.165) is 6.42 Å². The van der Waals surface area contributed by atoms with Crippen molar-refractivity contribution in [1.82, 2.24) is 9.80 Å². The number of ether oxygens (including phenoxy) is 1. The molecule has 1 aliphatic rings. The van der Waals surface area contributed by atoms with E-state index < -0.39 is 5.97 Å². The van der Waals surface area contributed by atoms with E-state index in [1.54, 1.807) is 11.8 Å². The quantitative estimate of drug-likeness (QED) is 0.644. The van der Waals surface area contributed by atoms with Crippen molar-refractivity contribution in [3.05, 3.63) is 0 Å². The zero-order valence-corrected chi connectivity index (χ0v) is 12.6. The van der Waals surface area contributed by atoms with Gasteiger partial charge in [0.1, 0.15) is 6.54 Å². The van der Waals surface area contributed by atoms with Crippen LogP contribution in [0.2, 0.25) is 0 Å². The molecule has 0 saturated carbocycles. The van der Waals surface area contributed by atoms with Crippen LogP contribution in [0.4, 0.5) is 0 Å². The van der Waals surface area contributed by atoms with Crippen molar-refractivity contribution in [2.45, 2.75) is 33.6 Å². The normalized spacial score (nSPS) is 18.2. The van der Waals surface area contributed by atoms with Gasteiger partial charge in [0.15, 0.2) is 0 Å². The molecule has 0 radical (unpaired) electrons. The number of carbonyl (C=O) groups excluding carboxylic acids is 3. The number of rotatable bonds is 7. The topological polar surface area (TPSA) is 66.9 Å². The van der Waals surface area contributed by atoms with Crippen molar-refractivity contribution in [2.75, 3.05) is 32.8 Å². The van der Waals surface area contributed by atoms with Crippen LogP contribution in [0.25, 0.3) is 0 Å². The minimum atomic E-state index is -0.397. The highest BCUT2D eigenvalue weighted by Gasteiger charge is 2.36.